The van der Waals surface area contributed by atoms with Gasteiger partial charge in [-0.2, -0.15) is 0 Å². The van der Waals surface area contributed by atoms with E-state index in [1.807, 2.05) is 6.92 Å². The van der Waals surface area contributed by atoms with Crippen molar-refractivity contribution in [3.05, 3.63) is 0 Å². The summed E-state index contributed by atoms with van der Waals surface area (Å²) in [5.74, 6) is 0.176. The second-order valence-electron chi connectivity index (χ2n) is 3.91. The summed E-state index contributed by atoms with van der Waals surface area (Å²) in [6.07, 6.45) is 2.62. The molecule has 0 spiro atoms. The van der Waals surface area contributed by atoms with Gasteiger partial charge in [0.15, 0.2) is 0 Å². The Bertz CT molecular complexity index is 237. The van der Waals surface area contributed by atoms with Crippen molar-refractivity contribution < 1.29 is 14.2 Å². The molecule has 5 heteroatoms. The van der Waals surface area contributed by atoms with Crippen LogP contribution in [0.5, 0.6) is 0 Å². The molecular formula is C10H17BNO3. The Morgan fingerprint density at radius 1 is 1.47 bits per heavy atom. The maximum atomic E-state index is 11.1. The Hall–Kier alpha value is -0.835. The van der Waals surface area contributed by atoms with Crippen LogP contribution in [0.15, 0.2) is 0 Å². The van der Waals surface area contributed by atoms with Gasteiger partial charge in [0.25, 0.3) is 0 Å². The molecule has 1 radical (unpaired) electrons. The van der Waals surface area contributed by atoms with Gasteiger partial charge in [-0.3, -0.25) is 9.59 Å². The quantitative estimate of drug-likeness (QED) is 0.692. The summed E-state index contributed by atoms with van der Waals surface area (Å²) in [4.78, 5) is 22.0. The van der Waals surface area contributed by atoms with Crippen LogP contribution >= 0.6 is 0 Å². The normalized spacial score (nSPS) is 25.5. The van der Waals surface area contributed by atoms with E-state index >= 15 is 0 Å². The average molecular weight is 210 g/mol. The molecule has 0 saturated carbocycles. The van der Waals surface area contributed by atoms with E-state index in [2.05, 4.69) is 5.32 Å². The van der Waals surface area contributed by atoms with Crippen LogP contribution in [0.2, 0.25) is 0 Å². The molecule has 0 aliphatic carbocycles. The fraction of sp³-hybridized carbons (Fsp3) is 0.800. The Balaban J connectivity index is 2.23. The third-order valence-corrected chi connectivity index (χ3v) is 2.42. The van der Waals surface area contributed by atoms with Gasteiger partial charge in [0.2, 0.25) is 5.91 Å². The molecule has 1 heterocycles. The van der Waals surface area contributed by atoms with Crippen molar-refractivity contribution >= 4 is 19.2 Å². The van der Waals surface area contributed by atoms with E-state index in [4.69, 9.17) is 4.65 Å². The smallest absolute Gasteiger partial charge is 0.317 e. The topological polar surface area (TPSA) is 55.4 Å². The summed E-state index contributed by atoms with van der Waals surface area (Å²) in [5, 5.41) is 2.84. The molecule has 15 heavy (non-hydrogen) atoms. The molecule has 0 aromatic rings. The van der Waals surface area contributed by atoms with Gasteiger partial charge in [0, 0.05) is 24.9 Å². The molecular weight excluding hydrogens is 193 g/mol. The number of rotatable bonds is 4. The molecule has 4 nitrogen and oxygen atoms in total. The maximum absolute atomic E-state index is 11.1. The number of carbonyl (C=O) groups excluding carboxylic acids is 2. The van der Waals surface area contributed by atoms with Crippen molar-refractivity contribution in [2.45, 2.75) is 51.6 Å². The van der Waals surface area contributed by atoms with E-state index in [1.165, 1.54) is 0 Å². The van der Waals surface area contributed by atoms with Crippen molar-refractivity contribution in [2.24, 2.45) is 0 Å². The van der Waals surface area contributed by atoms with Gasteiger partial charge in [-0.05, 0) is 19.8 Å². The number of Topliss-reactive ketones (excluding diaryl/α,β-unsaturated/α-hetero) is 1. The van der Waals surface area contributed by atoms with Crippen LogP contribution in [0.1, 0.15) is 39.5 Å². The van der Waals surface area contributed by atoms with Crippen LogP contribution in [0, 0.1) is 0 Å². The van der Waals surface area contributed by atoms with Crippen molar-refractivity contribution in [1.82, 2.24) is 5.32 Å². The first-order valence-corrected chi connectivity index (χ1v) is 5.39. The van der Waals surface area contributed by atoms with Gasteiger partial charge < -0.3 is 9.97 Å². The molecule has 0 aromatic carbocycles. The number of carbonyl (C=O) groups is 2. The fourth-order valence-corrected chi connectivity index (χ4v) is 1.59. The molecule has 1 aliphatic rings. The SMILES string of the molecule is CCC(=O)NC1[B]OC(CC(C)=O)CC1. The van der Waals surface area contributed by atoms with Crippen molar-refractivity contribution in [2.75, 3.05) is 0 Å². The lowest BCUT2D eigenvalue weighted by Crippen LogP contribution is -2.45. The minimum atomic E-state index is -0.00252. The van der Waals surface area contributed by atoms with Crippen LogP contribution in [0.4, 0.5) is 0 Å². The van der Waals surface area contributed by atoms with Crippen molar-refractivity contribution in [3.8, 4) is 0 Å². The van der Waals surface area contributed by atoms with E-state index in [-0.39, 0.29) is 23.7 Å². The highest BCUT2D eigenvalue weighted by Crippen LogP contribution is 2.15. The number of amides is 1. The summed E-state index contributed by atoms with van der Waals surface area (Å²) >= 11 is 0. The van der Waals surface area contributed by atoms with E-state index in [0.717, 1.165) is 12.8 Å². The average Bonchev–Trinajstić information content (AvgIpc) is 2.20. The standard InChI is InChI=1S/C10H17BNO3/c1-3-10(14)12-9-5-4-8(15-11-9)6-7(2)13/h8-9H,3-6H2,1-2H3,(H,12,14). The third-order valence-electron chi connectivity index (χ3n) is 2.42. The van der Waals surface area contributed by atoms with E-state index in [0.29, 0.717) is 12.8 Å². The molecule has 1 aliphatic heterocycles. The highest BCUT2D eigenvalue weighted by atomic mass is 16.4. The predicted molar refractivity (Wildman–Crippen MR) is 57.4 cm³/mol. The van der Waals surface area contributed by atoms with E-state index in [9.17, 15) is 9.59 Å². The minimum Gasteiger partial charge on any atom is -0.435 e. The van der Waals surface area contributed by atoms with Gasteiger partial charge in [-0.15, -0.1) is 0 Å². The number of hydrogen-bond acceptors (Lipinski definition) is 3. The molecule has 1 N–H and O–H groups in total. The van der Waals surface area contributed by atoms with Gasteiger partial charge in [0.05, 0.1) is 0 Å². The maximum Gasteiger partial charge on any atom is 0.317 e. The van der Waals surface area contributed by atoms with Gasteiger partial charge in [-0.25, -0.2) is 0 Å². The summed E-state index contributed by atoms with van der Waals surface area (Å²) in [6, 6.07) is 0. The zero-order valence-corrected chi connectivity index (χ0v) is 9.29. The highest BCUT2D eigenvalue weighted by molar-refractivity contribution is 6.30. The van der Waals surface area contributed by atoms with Gasteiger partial charge in [-0.1, -0.05) is 6.92 Å². The Morgan fingerprint density at radius 3 is 2.67 bits per heavy atom. The molecule has 1 fully saturated rings. The summed E-state index contributed by atoms with van der Waals surface area (Å²) < 4.78 is 5.39. The summed E-state index contributed by atoms with van der Waals surface area (Å²) in [5.41, 5.74) is 0. The predicted octanol–water partition coefficient (Wildman–Crippen LogP) is 0.616. The Kier molecular flexibility index (Phi) is 4.82. The van der Waals surface area contributed by atoms with Crippen LogP contribution < -0.4 is 5.32 Å². The largest absolute Gasteiger partial charge is 0.435 e. The second kappa shape index (κ2) is 5.90. The first-order valence-electron chi connectivity index (χ1n) is 5.39. The molecule has 1 amide bonds. The fourth-order valence-electron chi connectivity index (χ4n) is 1.59. The molecule has 2 atom stereocenters. The van der Waals surface area contributed by atoms with Crippen molar-refractivity contribution in [1.29, 1.82) is 0 Å². The number of nitrogens with one attached hydrogen (secondary N) is 1. The number of hydrogen-bond donors (Lipinski definition) is 1. The molecule has 2 unspecified atom stereocenters. The van der Waals surface area contributed by atoms with Crippen LogP contribution in [0.3, 0.4) is 0 Å². The Labute approximate surface area is 91.0 Å². The summed E-state index contributed by atoms with van der Waals surface area (Å²) in [7, 11) is 1.64. The van der Waals surface area contributed by atoms with E-state index < -0.39 is 0 Å². The van der Waals surface area contributed by atoms with E-state index in [1.54, 1.807) is 14.4 Å². The molecule has 0 bridgehead atoms. The van der Waals surface area contributed by atoms with Crippen LogP contribution in [0.25, 0.3) is 0 Å². The molecule has 1 saturated heterocycles. The lowest BCUT2D eigenvalue weighted by Gasteiger charge is -2.28. The second-order valence-corrected chi connectivity index (χ2v) is 3.91. The minimum absolute atomic E-state index is 0.000609. The van der Waals surface area contributed by atoms with Gasteiger partial charge >= 0.3 is 7.48 Å². The highest BCUT2D eigenvalue weighted by Gasteiger charge is 2.24. The lowest BCUT2D eigenvalue weighted by atomic mass is 9.79. The van der Waals surface area contributed by atoms with Crippen LogP contribution in [-0.2, 0) is 14.2 Å². The molecule has 0 aromatic heterocycles. The van der Waals surface area contributed by atoms with Crippen molar-refractivity contribution in [3.63, 3.8) is 0 Å². The monoisotopic (exact) mass is 210 g/mol. The Morgan fingerprint density at radius 2 is 2.20 bits per heavy atom. The first-order chi connectivity index (χ1) is 7.11. The van der Waals surface area contributed by atoms with Gasteiger partial charge in [0.1, 0.15) is 5.78 Å². The zero-order valence-electron chi connectivity index (χ0n) is 9.29. The third kappa shape index (κ3) is 4.47. The van der Waals surface area contributed by atoms with Crippen LogP contribution in [-0.4, -0.2) is 31.2 Å². The lowest BCUT2D eigenvalue weighted by molar-refractivity contribution is -0.122. The summed E-state index contributed by atoms with van der Waals surface area (Å²) in [6.45, 7) is 3.38. The molecule has 1 rings (SSSR count). The first kappa shape index (κ1) is 12.2. The zero-order chi connectivity index (χ0) is 11.3. The molecule has 83 valence electrons. The number of ketones is 1.